The highest BCUT2D eigenvalue weighted by atomic mass is 16.5. The molecule has 2 aliphatic heterocycles. The lowest BCUT2D eigenvalue weighted by Gasteiger charge is -2.39. The molecule has 2 fully saturated rings. The molecule has 0 saturated carbocycles. The van der Waals surface area contributed by atoms with Gasteiger partial charge in [0.2, 0.25) is 5.91 Å². The summed E-state index contributed by atoms with van der Waals surface area (Å²) in [6.07, 6.45) is 4.87. The molecule has 0 aromatic carbocycles. The van der Waals surface area contributed by atoms with Crippen molar-refractivity contribution in [1.29, 1.82) is 0 Å². The number of carbonyl (C=O) groups is 2. The molecule has 0 bridgehead atoms. The molecule has 1 aromatic rings. The zero-order valence-electron chi connectivity index (χ0n) is 14.9. The molecule has 2 aliphatic rings. The van der Waals surface area contributed by atoms with Gasteiger partial charge in [-0.1, -0.05) is 0 Å². The molecule has 1 N–H and O–H groups in total. The highest BCUT2D eigenvalue weighted by Crippen LogP contribution is 2.22. The van der Waals surface area contributed by atoms with E-state index in [4.69, 9.17) is 4.74 Å². The van der Waals surface area contributed by atoms with E-state index in [2.05, 4.69) is 10.3 Å². The first-order chi connectivity index (χ1) is 12.0. The van der Waals surface area contributed by atoms with E-state index in [9.17, 15) is 9.59 Å². The van der Waals surface area contributed by atoms with Crippen LogP contribution in [0.5, 0.6) is 0 Å². The Morgan fingerprint density at radius 3 is 2.44 bits per heavy atom. The van der Waals surface area contributed by atoms with Crippen LogP contribution in [0.4, 0.5) is 10.5 Å². The third-order valence-electron chi connectivity index (χ3n) is 4.78. The van der Waals surface area contributed by atoms with Gasteiger partial charge in [0.1, 0.15) is 0 Å². The first-order valence-corrected chi connectivity index (χ1v) is 8.93. The van der Waals surface area contributed by atoms with Crippen molar-refractivity contribution in [2.24, 2.45) is 5.92 Å². The molecule has 1 aromatic heterocycles. The summed E-state index contributed by atoms with van der Waals surface area (Å²) in [4.78, 5) is 32.7. The van der Waals surface area contributed by atoms with E-state index < -0.39 is 0 Å². The quantitative estimate of drug-likeness (QED) is 0.888. The van der Waals surface area contributed by atoms with E-state index in [0.29, 0.717) is 44.7 Å². The van der Waals surface area contributed by atoms with Gasteiger partial charge in [0.05, 0.1) is 24.1 Å². The number of hydrogen-bond acceptors (Lipinski definition) is 4. The number of nitrogens with one attached hydrogen (secondary N) is 1. The lowest BCUT2D eigenvalue weighted by Crippen LogP contribution is -2.52. The number of aromatic nitrogens is 1. The number of carbonyl (C=O) groups excluding carboxylic acids is 2. The second-order valence-electron chi connectivity index (χ2n) is 6.93. The minimum atomic E-state index is -0.132. The predicted molar refractivity (Wildman–Crippen MR) is 94.1 cm³/mol. The van der Waals surface area contributed by atoms with Crippen molar-refractivity contribution >= 4 is 17.6 Å². The van der Waals surface area contributed by atoms with Crippen LogP contribution in [0.25, 0.3) is 0 Å². The van der Waals surface area contributed by atoms with Crippen molar-refractivity contribution in [3.8, 4) is 0 Å². The van der Waals surface area contributed by atoms with E-state index in [1.165, 1.54) is 0 Å². The summed E-state index contributed by atoms with van der Waals surface area (Å²) in [5, 5.41) is 2.84. The Labute approximate surface area is 148 Å². The van der Waals surface area contributed by atoms with E-state index in [0.717, 1.165) is 0 Å². The lowest BCUT2D eigenvalue weighted by molar-refractivity contribution is -0.148. The van der Waals surface area contributed by atoms with Crippen LogP contribution >= 0.6 is 0 Å². The number of urea groups is 1. The van der Waals surface area contributed by atoms with Crippen molar-refractivity contribution in [1.82, 2.24) is 14.8 Å². The molecule has 7 heteroatoms. The van der Waals surface area contributed by atoms with Crippen LogP contribution in [0.1, 0.15) is 26.7 Å². The highest BCUT2D eigenvalue weighted by molar-refractivity contribution is 5.89. The second-order valence-corrected chi connectivity index (χ2v) is 6.93. The van der Waals surface area contributed by atoms with Gasteiger partial charge >= 0.3 is 6.03 Å². The van der Waals surface area contributed by atoms with E-state index in [1.54, 1.807) is 23.4 Å². The van der Waals surface area contributed by atoms with Crippen LogP contribution < -0.4 is 5.32 Å². The molecule has 2 unspecified atom stereocenters. The summed E-state index contributed by atoms with van der Waals surface area (Å²) >= 11 is 0. The Morgan fingerprint density at radius 2 is 1.84 bits per heavy atom. The largest absolute Gasteiger partial charge is 0.372 e. The van der Waals surface area contributed by atoms with Crippen molar-refractivity contribution in [2.45, 2.75) is 38.9 Å². The molecule has 136 valence electrons. The van der Waals surface area contributed by atoms with Crippen molar-refractivity contribution < 1.29 is 14.3 Å². The second kappa shape index (κ2) is 7.82. The number of ether oxygens (including phenoxy) is 1. The maximum atomic E-state index is 12.8. The summed E-state index contributed by atoms with van der Waals surface area (Å²) < 4.78 is 5.70. The molecule has 0 aliphatic carbocycles. The lowest BCUT2D eigenvalue weighted by atomic mass is 9.95. The van der Waals surface area contributed by atoms with Crippen LogP contribution in [0.3, 0.4) is 0 Å². The Kier molecular flexibility index (Phi) is 5.53. The van der Waals surface area contributed by atoms with Gasteiger partial charge in [-0.05, 0) is 38.8 Å². The summed E-state index contributed by atoms with van der Waals surface area (Å²) in [5.74, 6) is 0.203. The maximum Gasteiger partial charge on any atom is 0.321 e. The third-order valence-corrected chi connectivity index (χ3v) is 4.78. The van der Waals surface area contributed by atoms with E-state index in [1.807, 2.05) is 24.8 Å². The van der Waals surface area contributed by atoms with Gasteiger partial charge in [-0.2, -0.15) is 0 Å². The van der Waals surface area contributed by atoms with Crippen molar-refractivity contribution in [3.63, 3.8) is 0 Å². The number of anilines is 1. The van der Waals surface area contributed by atoms with Crippen LogP contribution in [0, 0.1) is 5.92 Å². The van der Waals surface area contributed by atoms with Crippen LogP contribution in [-0.2, 0) is 9.53 Å². The zero-order chi connectivity index (χ0) is 17.8. The average Bonchev–Trinajstić information content (AvgIpc) is 2.61. The summed E-state index contributed by atoms with van der Waals surface area (Å²) in [5.41, 5.74) is 0.682. The molecular formula is C18H26N4O3. The van der Waals surface area contributed by atoms with E-state index in [-0.39, 0.29) is 30.1 Å². The fraction of sp³-hybridized carbons (Fsp3) is 0.611. The third kappa shape index (κ3) is 4.48. The number of amides is 3. The Hall–Kier alpha value is -2.15. The number of piperidine rings is 1. The molecule has 2 saturated heterocycles. The Morgan fingerprint density at radius 1 is 1.16 bits per heavy atom. The first kappa shape index (κ1) is 17.7. The first-order valence-electron chi connectivity index (χ1n) is 8.93. The summed E-state index contributed by atoms with van der Waals surface area (Å²) in [6.45, 7) is 6.51. The van der Waals surface area contributed by atoms with Crippen LogP contribution in [0.2, 0.25) is 0 Å². The summed E-state index contributed by atoms with van der Waals surface area (Å²) in [7, 11) is 0. The molecule has 3 heterocycles. The molecule has 2 atom stereocenters. The van der Waals surface area contributed by atoms with Gasteiger partial charge in [0, 0.05) is 38.3 Å². The number of morpholine rings is 1. The van der Waals surface area contributed by atoms with Crippen molar-refractivity contribution in [2.75, 3.05) is 31.5 Å². The molecule has 7 nitrogen and oxygen atoms in total. The molecule has 3 amide bonds. The highest BCUT2D eigenvalue weighted by Gasteiger charge is 2.33. The number of pyridine rings is 1. The Balaban J connectivity index is 1.49. The van der Waals surface area contributed by atoms with Crippen LogP contribution in [0.15, 0.2) is 24.5 Å². The molecule has 0 spiro atoms. The van der Waals surface area contributed by atoms with Gasteiger partial charge in [-0.15, -0.1) is 0 Å². The monoisotopic (exact) mass is 346 g/mol. The van der Waals surface area contributed by atoms with E-state index >= 15 is 0 Å². The molecule has 25 heavy (non-hydrogen) atoms. The SMILES string of the molecule is CC1CN(C(=O)C2CCN(C(=O)Nc3cccnc3)CC2)CC(C)O1. The minimum absolute atomic E-state index is 0.0000537. The fourth-order valence-corrected chi connectivity index (χ4v) is 3.58. The topological polar surface area (TPSA) is 74.8 Å². The average molecular weight is 346 g/mol. The summed E-state index contributed by atoms with van der Waals surface area (Å²) in [6, 6.07) is 3.46. The smallest absolute Gasteiger partial charge is 0.321 e. The van der Waals surface area contributed by atoms with Crippen molar-refractivity contribution in [3.05, 3.63) is 24.5 Å². The van der Waals surface area contributed by atoms with Gasteiger partial charge in [-0.25, -0.2) is 4.79 Å². The molecular weight excluding hydrogens is 320 g/mol. The number of rotatable bonds is 2. The Bertz CT molecular complexity index is 592. The number of nitrogens with zero attached hydrogens (tertiary/aromatic N) is 3. The minimum Gasteiger partial charge on any atom is -0.372 e. The fourth-order valence-electron chi connectivity index (χ4n) is 3.58. The van der Waals surface area contributed by atoms with Gasteiger partial charge < -0.3 is 19.9 Å². The number of likely N-dealkylation sites (tertiary alicyclic amines) is 1. The molecule has 3 rings (SSSR count). The maximum absolute atomic E-state index is 12.8. The molecule has 0 radical (unpaired) electrons. The van der Waals surface area contributed by atoms with Gasteiger partial charge in [-0.3, -0.25) is 9.78 Å². The zero-order valence-corrected chi connectivity index (χ0v) is 14.9. The van der Waals surface area contributed by atoms with Crippen LogP contribution in [-0.4, -0.2) is 65.1 Å². The number of hydrogen-bond donors (Lipinski definition) is 1. The van der Waals surface area contributed by atoms with Gasteiger partial charge in [0.25, 0.3) is 0 Å². The standard InChI is InChI=1S/C18H26N4O3/c1-13-11-22(12-14(2)25-13)17(23)15-5-8-21(9-6-15)18(24)20-16-4-3-7-19-10-16/h3-4,7,10,13-15H,5-6,8-9,11-12H2,1-2H3,(H,20,24). The predicted octanol–water partition coefficient (Wildman–Crippen LogP) is 1.96. The van der Waals surface area contributed by atoms with Gasteiger partial charge in [0.15, 0.2) is 0 Å². The normalized spacial score (nSPS) is 24.9.